The third-order valence-electron chi connectivity index (χ3n) is 5.90. The van der Waals surface area contributed by atoms with Crippen LogP contribution in [0.4, 0.5) is 0 Å². The Morgan fingerprint density at radius 3 is 2.56 bits per heavy atom. The highest BCUT2D eigenvalue weighted by Gasteiger charge is 2.28. The number of rotatable bonds is 3. The molecule has 5 nitrogen and oxygen atoms in total. The van der Waals surface area contributed by atoms with Gasteiger partial charge in [-0.25, -0.2) is 0 Å². The number of piperidine rings is 1. The van der Waals surface area contributed by atoms with Crippen molar-refractivity contribution in [3.8, 4) is 0 Å². The van der Waals surface area contributed by atoms with Crippen LogP contribution in [0.3, 0.4) is 0 Å². The maximum absolute atomic E-state index is 12.9. The Kier molecular flexibility index (Phi) is 5.55. The van der Waals surface area contributed by atoms with E-state index in [1.54, 1.807) is 10.6 Å². The lowest BCUT2D eigenvalue weighted by molar-refractivity contribution is -0.133. The highest BCUT2D eigenvalue weighted by molar-refractivity contribution is 7.99. The number of hydrogen-bond donors (Lipinski definition) is 0. The average Bonchev–Trinajstić information content (AvgIpc) is 2.72. The van der Waals surface area contributed by atoms with Crippen molar-refractivity contribution in [1.82, 2.24) is 14.4 Å². The molecule has 0 aliphatic carbocycles. The van der Waals surface area contributed by atoms with Crippen molar-refractivity contribution in [3.05, 3.63) is 46.2 Å². The molecule has 6 heteroatoms. The van der Waals surface area contributed by atoms with Gasteiger partial charge in [0.05, 0.1) is 5.52 Å². The Morgan fingerprint density at radius 2 is 1.81 bits per heavy atom. The maximum atomic E-state index is 12.9. The predicted octanol–water partition coefficient (Wildman–Crippen LogP) is 2.35. The van der Waals surface area contributed by atoms with Gasteiger partial charge in [-0.3, -0.25) is 19.1 Å². The molecule has 1 aromatic carbocycles. The molecule has 0 spiro atoms. The number of thioether (sulfide) groups is 1. The second-order valence-corrected chi connectivity index (χ2v) is 8.75. The van der Waals surface area contributed by atoms with Crippen LogP contribution in [-0.2, 0) is 11.3 Å². The number of para-hydroxylation sites is 1. The van der Waals surface area contributed by atoms with Crippen molar-refractivity contribution in [1.29, 1.82) is 0 Å². The standard InChI is InChI=1S/C21H27N3O2S/c1-16-14-20(25)24(19-5-3-2-4-18(16)19)15-21(26)23-8-6-17(7-9-23)22-10-12-27-13-11-22/h2-5,14,17H,6-13,15H2,1H3. The Hall–Kier alpha value is -1.79. The fourth-order valence-corrected chi connectivity index (χ4v) is 5.25. The largest absolute Gasteiger partial charge is 0.341 e. The molecule has 2 saturated heterocycles. The Morgan fingerprint density at radius 1 is 1.11 bits per heavy atom. The number of carbonyl (C=O) groups excluding carboxylic acids is 1. The smallest absolute Gasteiger partial charge is 0.251 e. The number of carbonyl (C=O) groups is 1. The van der Waals surface area contributed by atoms with Crippen LogP contribution in [0.25, 0.3) is 10.9 Å². The molecule has 2 aliphatic rings. The summed E-state index contributed by atoms with van der Waals surface area (Å²) >= 11 is 2.03. The number of nitrogens with zero attached hydrogens (tertiary/aromatic N) is 3. The van der Waals surface area contributed by atoms with Crippen LogP contribution in [0.5, 0.6) is 0 Å². The molecule has 0 bridgehead atoms. The second-order valence-electron chi connectivity index (χ2n) is 7.53. The average molecular weight is 386 g/mol. The van der Waals surface area contributed by atoms with Crippen LogP contribution in [-0.4, -0.2) is 64.0 Å². The first-order chi connectivity index (χ1) is 13.1. The maximum Gasteiger partial charge on any atom is 0.251 e. The first-order valence-corrected chi connectivity index (χ1v) is 11.0. The second kappa shape index (κ2) is 8.07. The third kappa shape index (κ3) is 3.92. The van der Waals surface area contributed by atoms with Crippen LogP contribution in [0.15, 0.2) is 35.1 Å². The van der Waals surface area contributed by atoms with Crippen LogP contribution in [0.2, 0.25) is 0 Å². The van der Waals surface area contributed by atoms with Crippen molar-refractivity contribution in [3.63, 3.8) is 0 Å². The number of aromatic nitrogens is 1. The first-order valence-electron chi connectivity index (χ1n) is 9.82. The minimum atomic E-state index is -0.0970. The molecule has 2 fully saturated rings. The van der Waals surface area contributed by atoms with Gasteiger partial charge in [-0.2, -0.15) is 11.8 Å². The summed E-state index contributed by atoms with van der Waals surface area (Å²) < 4.78 is 1.62. The molecule has 1 amide bonds. The number of benzene rings is 1. The van der Waals surface area contributed by atoms with Crippen molar-refractivity contribution in [2.24, 2.45) is 0 Å². The molecule has 0 atom stereocenters. The lowest BCUT2D eigenvalue weighted by Gasteiger charge is -2.40. The summed E-state index contributed by atoms with van der Waals surface area (Å²) in [6, 6.07) is 10.1. The van der Waals surface area contributed by atoms with Crippen LogP contribution < -0.4 is 5.56 Å². The lowest BCUT2D eigenvalue weighted by atomic mass is 10.0. The van der Waals surface area contributed by atoms with E-state index in [0.717, 1.165) is 42.4 Å². The minimum absolute atomic E-state index is 0.0544. The normalized spacial score (nSPS) is 19.5. The first kappa shape index (κ1) is 18.6. The van der Waals surface area contributed by atoms with E-state index in [9.17, 15) is 9.59 Å². The Bertz CT molecular complexity index is 881. The quantitative estimate of drug-likeness (QED) is 0.814. The lowest BCUT2D eigenvalue weighted by Crippen LogP contribution is -2.49. The molecule has 0 unspecified atom stereocenters. The molecule has 1 aromatic heterocycles. The summed E-state index contributed by atoms with van der Waals surface area (Å²) in [7, 11) is 0. The molecular weight excluding hydrogens is 358 g/mol. The van der Waals surface area contributed by atoms with Gasteiger partial charge in [0.1, 0.15) is 6.54 Å². The van der Waals surface area contributed by atoms with Crippen molar-refractivity contribution >= 4 is 28.6 Å². The number of fused-ring (bicyclic) bond motifs is 1. The third-order valence-corrected chi connectivity index (χ3v) is 6.84. The molecule has 0 N–H and O–H groups in total. The zero-order valence-electron chi connectivity index (χ0n) is 15.9. The van der Waals surface area contributed by atoms with Gasteiger partial charge in [-0.05, 0) is 31.4 Å². The molecule has 3 heterocycles. The van der Waals surface area contributed by atoms with Crippen LogP contribution in [0, 0.1) is 6.92 Å². The van der Waals surface area contributed by atoms with Crippen LogP contribution in [0.1, 0.15) is 18.4 Å². The summed E-state index contributed by atoms with van der Waals surface area (Å²) in [6.45, 7) is 6.02. The van der Waals surface area contributed by atoms with E-state index < -0.39 is 0 Å². The SMILES string of the molecule is Cc1cc(=O)n(CC(=O)N2CCC(N3CCSCC3)CC2)c2ccccc12. The number of likely N-dealkylation sites (tertiary alicyclic amines) is 1. The number of aryl methyl sites for hydroxylation is 1. The van der Waals surface area contributed by atoms with Gasteiger partial charge in [0.2, 0.25) is 5.91 Å². The predicted molar refractivity (Wildman–Crippen MR) is 111 cm³/mol. The van der Waals surface area contributed by atoms with Crippen LogP contribution >= 0.6 is 11.8 Å². The van der Waals surface area contributed by atoms with Gasteiger partial charge < -0.3 is 4.90 Å². The topological polar surface area (TPSA) is 45.6 Å². The van der Waals surface area contributed by atoms with E-state index in [2.05, 4.69) is 4.90 Å². The Balaban J connectivity index is 1.45. The summed E-state index contributed by atoms with van der Waals surface area (Å²) in [6.07, 6.45) is 2.08. The molecule has 2 aliphatic heterocycles. The minimum Gasteiger partial charge on any atom is -0.341 e. The Labute approximate surface area is 164 Å². The molecular formula is C21H27N3O2S. The number of pyridine rings is 1. The molecule has 0 radical (unpaired) electrons. The zero-order chi connectivity index (χ0) is 18.8. The van der Waals surface area contributed by atoms with E-state index in [0.29, 0.717) is 6.04 Å². The van der Waals surface area contributed by atoms with Crippen molar-refractivity contribution in [2.45, 2.75) is 32.4 Å². The zero-order valence-corrected chi connectivity index (χ0v) is 16.7. The monoisotopic (exact) mass is 385 g/mol. The molecule has 4 rings (SSSR count). The molecule has 0 saturated carbocycles. The van der Waals surface area contributed by atoms with E-state index in [1.165, 1.54) is 24.6 Å². The van der Waals surface area contributed by atoms with Gasteiger partial charge in [0, 0.05) is 55.2 Å². The highest BCUT2D eigenvalue weighted by Crippen LogP contribution is 2.21. The van der Waals surface area contributed by atoms with Gasteiger partial charge in [-0.15, -0.1) is 0 Å². The summed E-state index contributed by atoms with van der Waals surface area (Å²) in [4.78, 5) is 29.9. The molecule has 27 heavy (non-hydrogen) atoms. The number of amides is 1. The van der Waals surface area contributed by atoms with E-state index in [1.807, 2.05) is 47.9 Å². The fourth-order valence-electron chi connectivity index (χ4n) is 4.32. The molecule has 144 valence electrons. The van der Waals surface area contributed by atoms with Gasteiger partial charge in [-0.1, -0.05) is 18.2 Å². The van der Waals surface area contributed by atoms with Crippen molar-refractivity contribution < 1.29 is 4.79 Å². The highest BCUT2D eigenvalue weighted by atomic mass is 32.2. The van der Waals surface area contributed by atoms with Gasteiger partial charge >= 0.3 is 0 Å². The summed E-state index contributed by atoms with van der Waals surface area (Å²) in [5.41, 5.74) is 1.71. The van der Waals surface area contributed by atoms with E-state index >= 15 is 0 Å². The summed E-state index contributed by atoms with van der Waals surface area (Å²) in [5, 5.41) is 1.03. The van der Waals surface area contributed by atoms with E-state index in [-0.39, 0.29) is 18.0 Å². The van der Waals surface area contributed by atoms with Crippen molar-refractivity contribution in [2.75, 3.05) is 37.7 Å². The fraction of sp³-hybridized carbons (Fsp3) is 0.524. The van der Waals surface area contributed by atoms with Gasteiger partial charge in [0.25, 0.3) is 5.56 Å². The molecule has 2 aromatic rings. The number of hydrogen-bond acceptors (Lipinski definition) is 4. The van der Waals surface area contributed by atoms with E-state index in [4.69, 9.17) is 0 Å². The summed E-state index contributed by atoms with van der Waals surface area (Å²) in [5.74, 6) is 2.50. The van der Waals surface area contributed by atoms with Gasteiger partial charge in [0.15, 0.2) is 0 Å².